The number of anilines is 1. The summed E-state index contributed by atoms with van der Waals surface area (Å²) in [4.78, 5) is 50.6. The molecule has 0 aromatic heterocycles. The van der Waals surface area contributed by atoms with Crippen LogP contribution < -0.4 is 10.6 Å². The molecule has 0 unspecified atom stereocenters. The largest absolute Gasteiger partial charge is 0.381 e. The average molecular weight is 498 g/mol. The first kappa shape index (κ1) is 27.0. The van der Waals surface area contributed by atoms with E-state index in [1.807, 2.05) is 0 Å². The third-order valence-corrected chi connectivity index (χ3v) is 6.36. The molecule has 8 nitrogen and oxygen atoms in total. The van der Waals surface area contributed by atoms with E-state index in [1.165, 1.54) is 51.1 Å². The van der Waals surface area contributed by atoms with Gasteiger partial charge in [0.25, 0.3) is 5.91 Å². The van der Waals surface area contributed by atoms with Gasteiger partial charge < -0.3 is 20.6 Å². The molecule has 1 saturated heterocycles. The third-order valence-electron chi connectivity index (χ3n) is 6.36. The van der Waals surface area contributed by atoms with E-state index in [0.717, 1.165) is 18.4 Å². The van der Waals surface area contributed by atoms with Crippen molar-refractivity contribution in [1.29, 1.82) is 0 Å². The quantitative estimate of drug-likeness (QED) is 0.482. The summed E-state index contributed by atoms with van der Waals surface area (Å²) in [5.74, 6) is -1.08. The van der Waals surface area contributed by atoms with Crippen LogP contribution in [0.1, 0.15) is 59.9 Å². The van der Waals surface area contributed by atoms with E-state index in [9.17, 15) is 28.7 Å². The molecule has 3 rings (SSSR count). The van der Waals surface area contributed by atoms with Gasteiger partial charge in [-0.25, -0.2) is 9.18 Å². The first-order valence-corrected chi connectivity index (χ1v) is 12.0. The van der Waals surface area contributed by atoms with E-state index in [0.29, 0.717) is 19.5 Å². The highest BCUT2D eigenvalue weighted by Crippen LogP contribution is 2.22. The Labute approximate surface area is 209 Å². The standard InChI is InChI=1S/C27H32FN3O5/c1-16(29-27(36)30-24-13-21(17(2)32)12-22(14-24)18(3)33)25(34)26(35)31-10-4-5-20(15-31)11-19-6-8-23(28)9-7-19/h6-9,12-14,16,20,25,34H,4-5,10-11,15H2,1-3H3,(H2,29,30,36)/t16-,20+,25-/m1/s1. The van der Waals surface area contributed by atoms with Gasteiger partial charge in [-0.1, -0.05) is 12.1 Å². The molecule has 1 heterocycles. The van der Waals surface area contributed by atoms with E-state index < -0.39 is 24.1 Å². The molecule has 3 atom stereocenters. The summed E-state index contributed by atoms with van der Waals surface area (Å²) >= 11 is 0. The number of hydrogen-bond donors (Lipinski definition) is 3. The van der Waals surface area contributed by atoms with Crippen LogP contribution in [0.25, 0.3) is 0 Å². The maximum atomic E-state index is 13.2. The number of amides is 3. The van der Waals surface area contributed by atoms with Crippen LogP contribution in [0, 0.1) is 11.7 Å². The molecule has 2 aromatic rings. The van der Waals surface area contributed by atoms with Gasteiger partial charge in [-0.3, -0.25) is 14.4 Å². The molecule has 0 bridgehead atoms. The third kappa shape index (κ3) is 7.21. The van der Waals surface area contributed by atoms with Crippen LogP contribution in [0.4, 0.5) is 14.9 Å². The summed E-state index contributed by atoms with van der Waals surface area (Å²) in [5.41, 5.74) is 1.80. The van der Waals surface area contributed by atoms with Crippen molar-refractivity contribution in [2.24, 2.45) is 5.92 Å². The molecule has 192 valence electrons. The lowest BCUT2D eigenvalue weighted by molar-refractivity contribution is -0.143. The van der Waals surface area contributed by atoms with Gasteiger partial charge in [0.1, 0.15) is 5.82 Å². The number of urea groups is 1. The van der Waals surface area contributed by atoms with Crippen LogP contribution in [0.2, 0.25) is 0 Å². The van der Waals surface area contributed by atoms with Crippen molar-refractivity contribution < 1.29 is 28.7 Å². The van der Waals surface area contributed by atoms with Crippen molar-refractivity contribution >= 4 is 29.2 Å². The number of carbonyl (C=O) groups excluding carboxylic acids is 4. The molecule has 0 saturated carbocycles. The molecule has 2 aromatic carbocycles. The minimum Gasteiger partial charge on any atom is -0.381 e. The average Bonchev–Trinajstić information content (AvgIpc) is 2.84. The zero-order chi connectivity index (χ0) is 26.4. The smallest absolute Gasteiger partial charge is 0.319 e. The number of carbonyl (C=O) groups is 4. The van der Waals surface area contributed by atoms with Crippen molar-refractivity contribution in [2.45, 2.75) is 52.2 Å². The number of piperidine rings is 1. The van der Waals surface area contributed by atoms with Crippen LogP contribution in [0.15, 0.2) is 42.5 Å². The Morgan fingerprint density at radius 1 is 1.06 bits per heavy atom. The predicted molar refractivity (Wildman–Crippen MR) is 133 cm³/mol. The number of likely N-dealkylation sites (tertiary alicyclic amines) is 1. The number of rotatable bonds is 8. The lowest BCUT2D eigenvalue weighted by Crippen LogP contribution is -2.53. The Morgan fingerprint density at radius 3 is 2.25 bits per heavy atom. The molecule has 1 aliphatic heterocycles. The van der Waals surface area contributed by atoms with Gasteiger partial charge in [0.05, 0.1) is 6.04 Å². The van der Waals surface area contributed by atoms with Crippen molar-refractivity contribution in [3.8, 4) is 0 Å². The zero-order valence-electron chi connectivity index (χ0n) is 20.7. The molecule has 0 radical (unpaired) electrons. The number of Topliss-reactive ketones (excluding diaryl/α,β-unsaturated/α-hetero) is 2. The van der Waals surface area contributed by atoms with Gasteiger partial charge in [0.2, 0.25) is 0 Å². The summed E-state index contributed by atoms with van der Waals surface area (Å²) in [6.45, 7) is 5.23. The number of hydrogen-bond acceptors (Lipinski definition) is 5. The van der Waals surface area contributed by atoms with Crippen LogP contribution in [-0.4, -0.2) is 58.7 Å². The summed E-state index contributed by atoms with van der Waals surface area (Å²) in [6, 6.07) is 9.10. The number of nitrogens with zero attached hydrogens (tertiary/aromatic N) is 1. The van der Waals surface area contributed by atoms with Gasteiger partial charge in [-0.15, -0.1) is 0 Å². The van der Waals surface area contributed by atoms with Crippen molar-refractivity contribution in [2.75, 3.05) is 18.4 Å². The molecular weight excluding hydrogens is 465 g/mol. The normalized spacial score (nSPS) is 17.1. The number of nitrogens with one attached hydrogen (secondary N) is 2. The van der Waals surface area contributed by atoms with E-state index in [4.69, 9.17) is 0 Å². The Morgan fingerprint density at radius 2 is 1.67 bits per heavy atom. The van der Waals surface area contributed by atoms with Crippen molar-refractivity contribution in [3.63, 3.8) is 0 Å². The van der Waals surface area contributed by atoms with Crippen LogP contribution in [0.3, 0.4) is 0 Å². The maximum Gasteiger partial charge on any atom is 0.319 e. The topological polar surface area (TPSA) is 116 Å². The monoisotopic (exact) mass is 497 g/mol. The molecule has 1 aliphatic rings. The number of benzene rings is 2. The number of aliphatic hydroxyl groups excluding tert-OH is 1. The highest BCUT2D eigenvalue weighted by atomic mass is 19.1. The minimum atomic E-state index is -1.45. The number of aliphatic hydroxyl groups is 1. The highest BCUT2D eigenvalue weighted by molar-refractivity contribution is 6.02. The summed E-state index contributed by atoms with van der Waals surface area (Å²) in [5, 5.41) is 15.7. The Kier molecular flexibility index (Phi) is 8.93. The molecule has 36 heavy (non-hydrogen) atoms. The molecular formula is C27H32FN3O5. The highest BCUT2D eigenvalue weighted by Gasteiger charge is 2.31. The Hall–Kier alpha value is -3.59. The van der Waals surface area contributed by atoms with Crippen molar-refractivity contribution in [3.05, 3.63) is 65.0 Å². The van der Waals surface area contributed by atoms with E-state index >= 15 is 0 Å². The summed E-state index contributed by atoms with van der Waals surface area (Å²) < 4.78 is 13.2. The summed E-state index contributed by atoms with van der Waals surface area (Å²) in [7, 11) is 0. The second kappa shape index (κ2) is 11.9. The van der Waals surface area contributed by atoms with Crippen LogP contribution >= 0.6 is 0 Å². The fraction of sp³-hybridized carbons (Fsp3) is 0.407. The lowest BCUT2D eigenvalue weighted by atomic mass is 9.91. The Balaban J connectivity index is 1.57. The second-order valence-electron chi connectivity index (χ2n) is 9.37. The molecule has 0 aliphatic carbocycles. The maximum absolute atomic E-state index is 13.2. The molecule has 3 amide bonds. The fourth-order valence-corrected chi connectivity index (χ4v) is 4.35. The van der Waals surface area contributed by atoms with E-state index in [2.05, 4.69) is 10.6 Å². The molecule has 9 heteroatoms. The van der Waals surface area contributed by atoms with Crippen molar-refractivity contribution in [1.82, 2.24) is 10.2 Å². The molecule has 1 fully saturated rings. The van der Waals surface area contributed by atoms with Gasteiger partial charge in [-0.2, -0.15) is 0 Å². The van der Waals surface area contributed by atoms with E-state index in [1.54, 1.807) is 17.0 Å². The zero-order valence-corrected chi connectivity index (χ0v) is 20.7. The van der Waals surface area contributed by atoms with Gasteiger partial charge >= 0.3 is 6.03 Å². The van der Waals surface area contributed by atoms with E-state index in [-0.39, 0.29) is 40.1 Å². The predicted octanol–water partition coefficient (Wildman–Crippen LogP) is 3.58. The first-order chi connectivity index (χ1) is 17.0. The lowest BCUT2D eigenvalue weighted by Gasteiger charge is -2.35. The van der Waals surface area contributed by atoms with Gasteiger partial charge in [0.15, 0.2) is 17.7 Å². The number of ketones is 2. The van der Waals surface area contributed by atoms with Crippen LogP contribution in [-0.2, 0) is 11.2 Å². The molecule has 0 spiro atoms. The first-order valence-electron chi connectivity index (χ1n) is 12.0. The van der Waals surface area contributed by atoms with Gasteiger partial charge in [0, 0.05) is 29.9 Å². The number of halogens is 1. The Bertz CT molecular complexity index is 1100. The second-order valence-corrected chi connectivity index (χ2v) is 9.37. The summed E-state index contributed by atoms with van der Waals surface area (Å²) in [6.07, 6.45) is 0.974. The van der Waals surface area contributed by atoms with Gasteiger partial charge in [-0.05, 0) is 81.8 Å². The van der Waals surface area contributed by atoms with Crippen LogP contribution in [0.5, 0.6) is 0 Å². The minimum absolute atomic E-state index is 0.191. The molecule has 3 N–H and O–H groups in total. The fourth-order valence-electron chi connectivity index (χ4n) is 4.35. The SMILES string of the molecule is CC(=O)c1cc(NC(=O)N[C@H](C)[C@@H](O)C(=O)N2CCC[C@@H](Cc3ccc(F)cc3)C2)cc(C(C)=O)c1.